The molecule has 0 bridgehead atoms. The zero-order valence-electron chi connectivity index (χ0n) is 9.64. The minimum atomic E-state index is -0.364. The van der Waals surface area contributed by atoms with Gasteiger partial charge in [0.2, 0.25) is 0 Å². The molecule has 1 aromatic rings. The third kappa shape index (κ3) is 3.93. The molecule has 1 heterocycles. The molecule has 2 atom stereocenters. The molecule has 0 saturated carbocycles. The number of ether oxygens (including phenoxy) is 1. The maximum absolute atomic E-state index is 9.96. The van der Waals surface area contributed by atoms with Crippen molar-refractivity contribution in [1.29, 1.82) is 0 Å². The van der Waals surface area contributed by atoms with E-state index >= 15 is 0 Å². The highest BCUT2D eigenvalue weighted by atomic mass is 32.1. The molecule has 0 amide bonds. The molecular formula is C12H20O2S. The van der Waals surface area contributed by atoms with E-state index in [9.17, 15) is 5.11 Å². The second kappa shape index (κ2) is 6.26. The van der Waals surface area contributed by atoms with Crippen LogP contribution in [0.4, 0.5) is 0 Å². The minimum absolute atomic E-state index is 0.0510. The van der Waals surface area contributed by atoms with Crippen molar-refractivity contribution in [2.24, 2.45) is 5.92 Å². The van der Waals surface area contributed by atoms with E-state index in [4.69, 9.17) is 4.74 Å². The number of methoxy groups -OCH3 is 1. The zero-order chi connectivity index (χ0) is 11.3. The van der Waals surface area contributed by atoms with Gasteiger partial charge in [0, 0.05) is 12.0 Å². The van der Waals surface area contributed by atoms with Gasteiger partial charge < -0.3 is 9.84 Å². The lowest BCUT2D eigenvalue weighted by atomic mass is 9.98. The first kappa shape index (κ1) is 12.7. The van der Waals surface area contributed by atoms with Crippen LogP contribution in [0.15, 0.2) is 17.5 Å². The normalized spacial score (nSPS) is 15.5. The van der Waals surface area contributed by atoms with Crippen LogP contribution in [0.25, 0.3) is 0 Å². The third-order valence-electron chi connectivity index (χ3n) is 2.58. The SMILES string of the molecule is COC(C(C)C)C(O)CCc1cccs1. The van der Waals surface area contributed by atoms with Crippen molar-refractivity contribution in [3.8, 4) is 0 Å². The van der Waals surface area contributed by atoms with Crippen molar-refractivity contribution in [2.75, 3.05) is 7.11 Å². The van der Waals surface area contributed by atoms with Gasteiger partial charge in [-0.3, -0.25) is 0 Å². The fourth-order valence-electron chi connectivity index (χ4n) is 1.78. The molecule has 1 N–H and O–H groups in total. The number of aryl methyl sites for hydroxylation is 1. The highest BCUT2D eigenvalue weighted by Gasteiger charge is 2.21. The van der Waals surface area contributed by atoms with E-state index in [1.807, 2.05) is 6.07 Å². The van der Waals surface area contributed by atoms with Gasteiger partial charge in [0.1, 0.15) is 0 Å². The predicted octanol–water partition coefficient (Wildman–Crippen LogP) is 2.71. The summed E-state index contributed by atoms with van der Waals surface area (Å²) in [5.74, 6) is 0.355. The summed E-state index contributed by atoms with van der Waals surface area (Å²) in [6.07, 6.45) is 1.30. The molecule has 3 heteroatoms. The summed E-state index contributed by atoms with van der Waals surface area (Å²) in [4.78, 5) is 1.33. The Kier molecular flexibility index (Phi) is 5.29. The smallest absolute Gasteiger partial charge is 0.0853 e. The van der Waals surface area contributed by atoms with E-state index in [2.05, 4.69) is 25.3 Å². The molecule has 0 radical (unpaired) electrons. The van der Waals surface area contributed by atoms with Crippen LogP contribution >= 0.6 is 11.3 Å². The summed E-state index contributed by atoms with van der Waals surface area (Å²) in [7, 11) is 1.67. The summed E-state index contributed by atoms with van der Waals surface area (Å²) >= 11 is 1.74. The number of rotatable bonds is 6. The second-order valence-corrected chi connectivity index (χ2v) is 5.16. The van der Waals surface area contributed by atoms with Gasteiger partial charge in [0.25, 0.3) is 0 Å². The number of hydrogen-bond donors (Lipinski definition) is 1. The van der Waals surface area contributed by atoms with E-state index in [1.165, 1.54) is 4.88 Å². The van der Waals surface area contributed by atoms with Gasteiger partial charge in [-0.05, 0) is 30.2 Å². The van der Waals surface area contributed by atoms with Crippen LogP contribution in [0.2, 0.25) is 0 Å². The topological polar surface area (TPSA) is 29.5 Å². The van der Waals surface area contributed by atoms with Crippen molar-refractivity contribution >= 4 is 11.3 Å². The average molecular weight is 228 g/mol. The fraction of sp³-hybridized carbons (Fsp3) is 0.667. The third-order valence-corrected chi connectivity index (χ3v) is 3.51. The Morgan fingerprint density at radius 2 is 2.20 bits per heavy atom. The van der Waals surface area contributed by atoms with Crippen molar-refractivity contribution in [3.63, 3.8) is 0 Å². The Labute approximate surface area is 95.9 Å². The van der Waals surface area contributed by atoms with E-state index in [0.29, 0.717) is 5.92 Å². The molecule has 0 aliphatic carbocycles. The van der Waals surface area contributed by atoms with Crippen molar-refractivity contribution in [3.05, 3.63) is 22.4 Å². The lowest BCUT2D eigenvalue weighted by Gasteiger charge is -2.24. The molecule has 0 fully saturated rings. The van der Waals surface area contributed by atoms with Crippen LogP contribution in [0.1, 0.15) is 25.1 Å². The molecule has 0 aromatic carbocycles. The summed E-state index contributed by atoms with van der Waals surface area (Å²) < 4.78 is 5.30. The first-order valence-corrected chi connectivity index (χ1v) is 6.26. The number of thiophene rings is 1. The van der Waals surface area contributed by atoms with Crippen LogP contribution in [-0.2, 0) is 11.2 Å². The van der Waals surface area contributed by atoms with Crippen molar-refractivity contribution < 1.29 is 9.84 Å². The van der Waals surface area contributed by atoms with E-state index < -0.39 is 0 Å². The van der Waals surface area contributed by atoms with Crippen molar-refractivity contribution in [2.45, 2.75) is 38.9 Å². The van der Waals surface area contributed by atoms with Crippen LogP contribution in [0, 0.1) is 5.92 Å². The van der Waals surface area contributed by atoms with Gasteiger partial charge in [-0.2, -0.15) is 0 Å². The Hall–Kier alpha value is -0.380. The maximum atomic E-state index is 9.96. The second-order valence-electron chi connectivity index (χ2n) is 4.13. The molecule has 1 aromatic heterocycles. The number of aliphatic hydroxyl groups is 1. The van der Waals surface area contributed by atoms with Crippen LogP contribution in [0.3, 0.4) is 0 Å². The van der Waals surface area contributed by atoms with Gasteiger partial charge in [0.15, 0.2) is 0 Å². The minimum Gasteiger partial charge on any atom is -0.390 e. The zero-order valence-corrected chi connectivity index (χ0v) is 10.5. The monoisotopic (exact) mass is 228 g/mol. The lowest BCUT2D eigenvalue weighted by molar-refractivity contribution is -0.0403. The Bertz CT molecular complexity index is 257. The quantitative estimate of drug-likeness (QED) is 0.811. The summed E-state index contributed by atoms with van der Waals surface area (Å²) in [6.45, 7) is 4.14. The molecule has 86 valence electrons. The largest absolute Gasteiger partial charge is 0.390 e. The summed E-state index contributed by atoms with van der Waals surface area (Å²) in [6, 6.07) is 4.15. The first-order valence-electron chi connectivity index (χ1n) is 5.38. The van der Waals surface area contributed by atoms with Crippen LogP contribution in [0.5, 0.6) is 0 Å². The Morgan fingerprint density at radius 1 is 1.47 bits per heavy atom. The molecule has 1 rings (SSSR count). The molecule has 0 spiro atoms. The first-order chi connectivity index (χ1) is 7.15. The number of aliphatic hydroxyl groups excluding tert-OH is 1. The molecule has 2 nitrogen and oxygen atoms in total. The Morgan fingerprint density at radius 3 is 2.67 bits per heavy atom. The van der Waals surface area contributed by atoms with Gasteiger partial charge >= 0.3 is 0 Å². The molecule has 0 saturated heterocycles. The fourth-order valence-corrected chi connectivity index (χ4v) is 2.51. The standard InChI is InChI=1S/C12H20O2S/c1-9(2)12(14-3)11(13)7-6-10-5-4-8-15-10/h4-5,8-9,11-13H,6-7H2,1-3H3. The highest BCUT2D eigenvalue weighted by molar-refractivity contribution is 7.09. The number of hydrogen-bond acceptors (Lipinski definition) is 3. The highest BCUT2D eigenvalue weighted by Crippen LogP contribution is 2.17. The van der Waals surface area contributed by atoms with Gasteiger partial charge in [0.05, 0.1) is 12.2 Å². The lowest BCUT2D eigenvalue weighted by Crippen LogP contribution is -2.33. The van der Waals surface area contributed by atoms with Crippen LogP contribution in [-0.4, -0.2) is 24.4 Å². The van der Waals surface area contributed by atoms with Crippen molar-refractivity contribution in [1.82, 2.24) is 0 Å². The molecular weight excluding hydrogens is 208 g/mol. The average Bonchev–Trinajstić information content (AvgIpc) is 2.67. The summed E-state index contributed by atoms with van der Waals surface area (Å²) in [5.41, 5.74) is 0. The van der Waals surface area contributed by atoms with E-state index in [0.717, 1.165) is 12.8 Å². The molecule has 15 heavy (non-hydrogen) atoms. The molecule has 0 aliphatic rings. The van der Waals surface area contributed by atoms with Gasteiger partial charge in [-0.15, -0.1) is 11.3 Å². The predicted molar refractivity (Wildman–Crippen MR) is 64.3 cm³/mol. The van der Waals surface area contributed by atoms with Gasteiger partial charge in [-0.1, -0.05) is 19.9 Å². The summed E-state index contributed by atoms with van der Waals surface area (Å²) in [5, 5.41) is 12.0. The maximum Gasteiger partial charge on any atom is 0.0853 e. The molecule has 2 unspecified atom stereocenters. The van der Waals surface area contributed by atoms with Gasteiger partial charge in [-0.25, -0.2) is 0 Å². The van der Waals surface area contributed by atoms with Crippen LogP contribution < -0.4 is 0 Å². The molecule has 0 aliphatic heterocycles. The van der Waals surface area contributed by atoms with E-state index in [-0.39, 0.29) is 12.2 Å². The van der Waals surface area contributed by atoms with E-state index in [1.54, 1.807) is 18.4 Å². The Balaban J connectivity index is 2.37.